The molecule has 0 aliphatic heterocycles. The van der Waals surface area contributed by atoms with Gasteiger partial charge in [-0.3, -0.25) is 0 Å². The lowest BCUT2D eigenvalue weighted by Gasteiger charge is -2.13. The Bertz CT molecular complexity index is 515. The van der Waals surface area contributed by atoms with Crippen LogP contribution in [0.25, 0.3) is 0 Å². The standard InChI is InChI=1S/C13H22N2O3S/c1-10(8-14-3)9-15-19(16,17)12-5-6-13(18-4)11(2)7-12/h5-7,10,14-15H,8-9H2,1-4H3. The van der Waals surface area contributed by atoms with Crippen molar-refractivity contribution >= 4 is 10.0 Å². The van der Waals surface area contributed by atoms with Gasteiger partial charge in [-0.05, 0) is 50.2 Å². The number of benzene rings is 1. The van der Waals surface area contributed by atoms with Crippen molar-refractivity contribution in [1.82, 2.24) is 10.0 Å². The van der Waals surface area contributed by atoms with Crippen molar-refractivity contribution in [3.05, 3.63) is 23.8 Å². The number of rotatable bonds is 7. The molecule has 6 heteroatoms. The van der Waals surface area contributed by atoms with Crippen LogP contribution in [-0.2, 0) is 10.0 Å². The molecule has 1 rings (SSSR count). The van der Waals surface area contributed by atoms with Gasteiger partial charge in [0.1, 0.15) is 5.75 Å². The van der Waals surface area contributed by atoms with Crippen LogP contribution in [0.1, 0.15) is 12.5 Å². The van der Waals surface area contributed by atoms with Gasteiger partial charge in [0.15, 0.2) is 0 Å². The van der Waals surface area contributed by atoms with E-state index in [-0.39, 0.29) is 10.8 Å². The summed E-state index contributed by atoms with van der Waals surface area (Å²) in [7, 11) is -0.0457. The maximum Gasteiger partial charge on any atom is 0.240 e. The van der Waals surface area contributed by atoms with Crippen LogP contribution in [0.15, 0.2) is 23.1 Å². The maximum absolute atomic E-state index is 12.1. The molecule has 5 nitrogen and oxygen atoms in total. The predicted molar refractivity (Wildman–Crippen MR) is 76.0 cm³/mol. The highest BCUT2D eigenvalue weighted by Gasteiger charge is 2.16. The highest BCUT2D eigenvalue weighted by Crippen LogP contribution is 2.21. The van der Waals surface area contributed by atoms with E-state index in [1.54, 1.807) is 25.3 Å². The molecule has 0 aliphatic carbocycles. The van der Waals surface area contributed by atoms with Crippen molar-refractivity contribution in [2.24, 2.45) is 5.92 Å². The second kappa shape index (κ2) is 6.88. The highest BCUT2D eigenvalue weighted by atomic mass is 32.2. The monoisotopic (exact) mass is 286 g/mol. The van der Waals surface area contributed by atoms with E-state index in [2.05, 4.69) is 10.0 Å². The van der Waals surface area contributed by atoms with Crippen LogP contribution in [0, 0.1) is 12.8 Å². The second-order valence-corrected chi connectivity index (χ2v) is 6.41. The van der Waals surface area contributed by atoms with Crippen LogP contribution in [0.3, 0.4) is 0 Å². The maximum atomic E-state index is 12.1. The van der Waals surface area contributed by atoms with Gasteiger partial charge in [0.25, 0.3) is 0 Å². The third-order valence-corrected chi connectivity index (χ3v) is 4.27. The number of sulfonamides is 1. The van der Waals surface area contributed by atoms with Crippen LogP contribution in [-0.4, -0.2) is 35.7 Å². The molecule has 0 aliphatic rings. The molecule has 0 aromatic heterocycles. The summed E-state index contributed by atoms with van der Waals surface area (Å²) in [5.41, 5.74) is 0.800. The van der Waals surface area contributed by atoms with Gasteiger partial charge < -0.3 is 10.1 Å². The van der Waals surface area contributed by atoms with Crippen LogP contribution in [0.5, 0.6) is 5.75 Å². The number of hydrogen-bond donors (Lipinski definition) is 2. The predicted octanol–water partition coefficient (Wildman–Crippen LogP) is 1.14. The van der Waals surface area contributed by atoms with Gasteiger partial charge in [-0.25, -0.2) is 13.1 Å². The first-order chi connectivity index (χ1) is 8.90. The van der Waals surface area contributed by atoms with Gasteiger partial charge in [0.2, 0.25) is 10.0 Å². The summed E-state index contributed by atoms with van der Waals surface area (Å²) in [5.74, 6) is 0.918. The summed E-state index contributed by atoms with van der Waals surface area (Å²) in [6, 6.07) is 4.84. The molecule has 0 spiro atoms. The first-order valence-corrected chi connectivity index (χ1v) is 7.68. The Balaban J connectivity index is 2.80. The van der Waals surface area contributed by atoms with E-state index in [0.29, 0.717) is 12.3 Å². The molecular weight excluding hydrogens is 264 g/mol. The zero-order valence-corrected chi connectivity index (χ0v) is 12.7. The van der Waals surface area contributed by atoms with Crippen molar-refractivity contribution < 1.29 is 13.2 Å². The average molecular weight is 286 g/mol. The SMILES string of the molecule is CNCC(C)CNS(=O)(=O)c1ccc(OC)c(C)c1. The lowest BCUT2D eigenvalue weighted by Crippen LogP contribution is -2.32. The molecule has 19 heavy (non-hydrogen) atoms. The van der Waals surface area contributed by atoms with E-state index in [9.17, 15) is 8.42 Å². The van der Waals surface area contributed by atoms with Gasteiger partial charge in [0.05, 0.1) is 12.0 Å². The van der Waals surface area contributed by atoms with Crippen LogP contribution >= 0.6 is 0 Å². The quantitative estimate of drug-likeness (QED) is 0.789. The fourth-order valence-corrected chi connectivity index (χ4v) is 3.02. The summed E-state index contributed by atoms with van der Waals surface area (Å²) in [5, 5.41) is 3.02. The molecule has 0 fully saturated rings. The van der Waals surface area contributed by atoms with Crippen LogP contribution in [0.2, 0.25) is 0 Å². The number of ether oxygens (including phenoxy) is 1. The normalized spacial score (nSPS) is 13.3. The second-order valence-electron chi connectivity index (χ2n) is 4.65. The third-order valence-electron chi connectivity index (χ3n) is 2.85. The Morgan fingerprint density at radius 3 is 2.53 bits per heavy atom. The molecule has 0 bridgehead atoms. The summed E-state index contributed by atoms with van der Waals surface area (Å²) in [6.45, 7) is 4.98. The van der Waals surface area contributed by atoms with Crippen LogP contribution in [0.4, 0.5) is 0 Å². The fraction of sp³-hybridized carbons (Fsp3) is 0.538. The number of nitrogens with one attached hydrogen (secondary N) is 2. The number of hydrogen-bond acceptors (Lipinski definition) is 4. The molecule has 2 N–H and O–H groups in total. The van der Waals surface area contributed by atoms with E-state index in [0.717, 1.165) is 12.1 Å². The first-order valence-electron chi connectivity index (χ1n) is 6.19. The average Bonchev–Trinajstić information content (AvgIpc) is 2.37. The lowest BCUT2D eigenvalue weighted by atomic mass is 10.2. The van der Waals surface area contributed by atoms with Crippen LogP contribution < -0.4 is 14.8 Å². The third kappa shape index (κ3) is 4.49. The Morgan fingerprint density at radius 2 is 2.00 bits per heavy atom. The Kier molecular flexibility index (Phi) is 5.78. The molecule has 0 saturated heterocycles. The van der Waals surface area contributed by atoms with Gasteiger partial charge in [0, 0.05) is 6.54 Å². The van der Waals surface area contributed by atoms with Crippen molar-refractivity contribution in [2.75, 3.05) is 27.2 Å². The number of aryl methyl sites for hydroxylation is 1. The minimum Gasteiger partial charge on any atom is -0.496 e. The molecule has 108 valence electrons. The molecule has 1 aromatic rings. The topological polar surface area (TPSA) is 67.4 Å². The largest absolute Gasteiger partial charge is 0.496 e. The van der Waals surface area contributed by atoms with Crippen molar-refractivity contribution in [3.8, 4) is 5.75 Å². The molecular formula is C13H22N2O3S. The van der Waals surface area contributed by atoms with Gasteiger partial charge in [-0.15, -0.1) is 0 Å². The number of methoxy groups -OCH3 is 1. The summed E-state index contributed by atoms with van der Waals surface area (Å²) in [4.78, 5) is 0.266. The summed E-state index contributed by atoms with van der Waals surface area (Å²) >= 11 is 0. The van der Waals surface area contributed by atoms with E-state index in [1.165, 1.54) is 0 Å². The lowest BCUT2D eigenvalue weighted by molar-refractivity contribution is 0.411. The van der Waals surface area contributed by atoms with Crippen molar-refractivity contribution in [3.63, 3.8) is 0 Å². The zero-order chi connectivity index (χ0) is 14.5. The Labute approximate surface area is 115 Å². The van der Waals surface area contributed by atoms with Gasteiger partial charge >= 0.3 is 0 Å². The molecule has 1 unspecified atom stereocenters. The minimum atomic E-state index is -3.45. The van der Waals surface area contributed by atoms with Gasteiger partial charge in [-0.2, -0.15) is 0 Å². The molecule has 1 atom stereocenters. The van der Waals surface area contributed by atoms with E-state index in [4.69, 9.17) is 4.74 Å². The van der Waals surface area contributed by atoms with E-state index < -0.39 is 10.0 Å². The molecule has 0 radical (unpaired) electrons. The smallest absolute Gasteiger partial charge is 0.240 e. The van der Waals surface area contributed by atoms with E-state index >= 15 is 0 Å². The first kappa shape index (κ1) is 15.9. The zero-order valence-electron chi connectivity index (χ0n) is 11.9. The molecule has 0 amide bonds. The molecule has 0 saturated carbocycles. The highest BCUT2D eigenvalue weighted by molar-refractivity contribution is 7.89. The molecule has 1 aromatic carbocycles. The van der Waals surface area contributed by atoms with Crippen molar-refractivity contribution in [2.45, 2.75) is 18.7 Å². The van der Waals surface area contributed by atoms with Gasteiger partial charge in [-0.1, -0.05) is 6.92 Å². The Hall–Kier alpha value is -1.11. The van der Waals surface area contributed by atoms with Crippen molar-refractivity contribution in [1.29, 1.82) is 0 Å². The van der Waals surface area contributed by atoms with E-state index in [1.807, 2.05) is 20.9 Å². The fourth-order valence-electron chi connectivity index (χ4n) is 1.77. The summed E-state index contributed by atoms with van der Waals surface area (Å²) < 4.78 is 32.0. The molecule has 0 heterocycles. The Morgan fingerprint density at radius 1 is 1.32 bits per heavy atom. The summed E-state index contributed by atoms with van der Waals surface area (Å²) in [6.07, 6.45) is 0. The minimum absolute atomic E-state index is 0.235.